The van der Waals surface area contributed by atoms with Crippen LogP contribution in [0.25, 0.3) is 11.1 Å². The van der Waals surface area contributed by atoms with Crippen LogP contribution in [0.15, 0.2) is 150 Å². The van der Waals surface area contributed by atoms with E-state index in [-0.39, 0.29) is 42.6 Å². The third-order valence-corrected chi connectivity index (χ3v) is 13.0. The number of amides is 1. The summed E-state index contributed by atoms with van der Waals surface area (Å²) in [4.78, 5) is 18.2. The summed E-state index contributed by atoms with van der Waals surface area (Å²) in [6.07, 6.45) is 2.96. The Morgan fingerprint density at radius 2 is 1.55 bits per heavy atom. The molecule has 58 heavy (non-hydrogen) atoms. The Morgan fingerprint density at radius 1 is 0.845 bits per heavy atom. The number of aromatic nitrogens is 2. The molecule has 5 atom stereocenters. The average molecular weight is 817 g/mol. The molecule has 3 N–H and O–H groups in total. The lowest BCUT2D eigenvalue weighted by Gasteiger charge is -2.41. The Kier molecular flexibility index (Phi) is 13.2. The Balaban J connectivity index is 1.05. The van der Waals surface area contributed by atoms with Gasteiger partial charge in [-0.25, -0.2) is 13.4 Å². The normalized spacial score (nSPS) is 18.8. The number of thioether (sulfide) groups is 1. The van der Waals surface area contributed by atoms with Gasteiger partial charge in [-0.15, -0.1) is 0 Å². The maximum atomic E-state index is 13.7. The minimum absolute atomic E-state index is 0.0198. The number of carbonyl (C=O) groups excluding carboxylic acids is 1. The van der Waals surface area contributed by atoms with Crippen LogP contribution in [0.3, 0.4) is 0 Å². The first kappa shape index (κ1) is 41.1. The number of benzene rings is 5. The van der Waals surface area contributed by atoms with Gasteiger partial charge in [-0.1, -0.05) is 133 Å². The molecule has 1 aliphatic heterocycles. The fourth-order valence-corrected chi connectivity index (χ4v) is 9.26. The van der Waals surface area contributed by atoms with Gasteiger partial charge >= 0.3 is 0 Å². The van der Waals surface area contributed by atoms with E-state index < -0.39 is 28.3 Å². The largest absolute Gasteiger partial charge is 0.392 e. The van der Waals surface area contributed by atoms with E-state index in [4.69, 9.17) is 9.47 Å². The van der Waals surface area contributed by atoms with E-state index in [1.165, 1.54) is 0 Å². The molecular formula is C46H48N4O6S2. The predicted molar refractivity (Wildman–Crippen MR) is 226 cm³/mol. The van der Waals surface area contributed by atoms with Gasteiger partial charge in [0.15, 0.2) is 11.4 Å². The molecule has 6 aromatic rings. The lowest BCUT2D eigenvalue weighted by atomic mass is 9.91. The molecule has 0 radical (unpaired) electrons. The number of nitrogens with zero attached hydrogens (tertiary/aromatic N) is 2. The van der Waals surface area contributed by atoms with Crippen molar-refractivity contribution in [3.63, 3.8) is 0 Å². The number of hydrogen-bond acceptors (Lipinski definition) is 8. The molecule has 5 aromatic carbocycles. The zero-order valence-electron chi connectivity index (χ0n) is 32.7. The number of hydrogen-bond donors (Lipinski definition) is 3. The van der Waals surface area contributed by atoms with Gasteiger partial charge < -0.3 is 24.5 Å². The maximum Gasteiger partial charge on any atom is 0.241 e. The summed E-state index contributed by atoms with van der Waals surface area (Å²) in [6, 6.07) is 38.8. The Bertz CT molecular complexity index is 2390. The van der Waals surface area contributed by atoms with Gasteiger partial charge in [0, 0.05) is 43.2 Å². The number of sulfonamides is 1. The molecule has 0 saturated carbocycles. The van der Waals surface area contributed by atoms with Crippen LogP contribution in [0.5, 0.6) is 0 Å². The molecule has 7 rings (SSSR count). The molecule has 1 fully saturated rings. The van der Waals surface area contributed by atoms with Gasteiger partial charge in [0.05, 0.1) is 23.7 Å². The van der Waals surface area contributed by atoms with E-state index in [2.05, 4.69) is 21.9 Å². The van der Waals surface area contributed by atoms with Crippen LogP contribution < -0.4 is 10.0 Å². The van der Waals surface area contributed by atoms with Crippen LogP contribution in [0.2, 0.25) is 0 Å². The van der Waals surface area contributed by atoms with Crippen molar-refractivity contribution in [3.8, 4) is 11.1 Å². The first-order valence-corrected chi connectivity index (χ1v) is 21.7. The molecule has 0 unspecified atom stereocenters. The summed E-state index contributed by atoms with van der Waals surface area (Å²) in [5.41, 5.74) is 7.35. The summed E-state index contributed by atoms with van der Waals surface area (Å²) >= 11 is 1.66. The van der Waals surface area contributed by atoms with Crippen LogP contribution in [0, 0.1) is 12.8 Å². The van der Waals surface area contributed by atoms with Gasteiger partial charge in [0.1, 0.15) is 6.04 Å². The quantitative estimate of drug-likeness (QED) is 0.0901. The smallest absolute Gasteiger partial charge is 0.241 e. The molecule has 1 aliphatic rings. The fraction of sp³-hybridized carbons (Fsp3) is 0.261. The number of nitrogens with one attached hydrogen (secondary N) is 2. The SMILES string of the molecule is Cc1ccc(S(=O)(=O)N[C@H](Cc2ccccc2)C(=O)NCc2cccc(-c3ccc([C@H]4O[C@@H](CSc5nccn5C)[C@@H](C)[C@@H](c5ccc(CO)cc5)O4)cc3)c2)cc1. The summed E-state index contributed by atoms with van der Waals surface area (Å²) < 4.78 is 44.7. The van der Waals surface area contributed by atoms with E-state index in [1.807, 2.05) is 128 Å². The van der Waals surface area contributed by atoms with E-state index in [1.54, 1.807) is 42.2 Å². The van der Waals surface area contributed by atoms with Crippen molar-refractivity contribution < 1.29 is 27.8 Å². The van der Waals surface area contributed by atoms with Gasteiger partial charge in [0.25, 0.3) is 0 Å². The lowest BCUT2D eigenvalue weighted by molar-refractivity contribution is -0.268. The van der Waals surface area contributed by atoms with Gasteiger partial charge in [-0.05, 0) is 64.9 Å². The highest BCUT2D eigenvalue weighted by atomic mass is 32.2. The molecule has 300 valence electrons. The summed E-state index contributed by atoms with van der Waals surface area (Å²) in [5.74, 6) is 0.327. The number of aliphatic hydroxyl groups excluding tert-OH is 1. The summed E-state index contributed by atoms with van der Waals surface area (Å²) in [7, 11) is -1.98. The molecular weight excluding hydrogens is 769 g/mol. The van der Waals surface area contributed by atoms with E-state index in [9.17, 15) is 18.3 Å². The Hall–Kier alpha value is -5.08. The zero-order valence-corrected chi connectivity index (χ0v) is 34.3. The Morgan fingerprint density at radius 3 is 2.24 bits per heavy atom. The molecule has 0 bridgehead atoms. The number of rotatable bonds is 15. The molecule has 10 nitrogen and oxygen atoms in total. The van der Waals surface area contributed by atoms with E-state index >= 15 is 0 Å². The van der Waals surface area contributed by atoms with Crippen molar-refractivity contribution in [1.29, 1.82) is 0 Å². The van der Waals surface area contributed by atoms with Crippen LogP contribution in [-0.4, -0.2) is 46.9 Å². The second-order valence-corrected chi connectivity index (χ2v) is 17.4. The minimum Gasteiger partial charge on any atom is -0.392 e. The summed E-state index contributed by atoms with van der Waals surface area (Å²) in [5, 5.41) is 13.5. The topological polar surface area (TPSA) is 132 Å². The van der Waals surface area contributed by atoms with Crippen molar-refractivity contribution in [2.75, 3.05) is 5.75 Å². The van der Waals surface area contributed by atoms with Crippen LogP contribution in [0.1, 0.15) is 52.7 Å². The number of carbonyl (C=O) groups is 1. The number of aryl methyl sites for hydroxylation is 2. The van der Waals surface area contributed by atoms with Gasteiger partial charge in [-0.2, -0.15) is 4.72 Å². The number of ether oxygens (including phenoxy) is 2. The third-order valence-electron chi connectivity index (χ3n) is 10.4. The summed E-state index contributed by atoms with van der Waals surface area (Å²) in [6.45, 7) is 4.23. The zero-order chi connectivity index (χ0) is 40.6. The average Bonchev–Trinajstić information content (AvgIpc) is 3.66. The third kappa shape index (κ3) is 10.1. The number of imidazole rings is 1. The van der Waals surface area contributed by atoms with Crippen molar-refractivity contribution in [2.45, 2.75) is 68.0 Å². The van der Waals surface area contributed by atoms with Gasteiger partial charge in [0.2, 0.25) is 15.9 Å². The molecule has 12 heteroatoms. The molecule has 1 aromatic heterocycles. The van der Waals surface area contributed by atoms with Crippen molar-refractivity contribution >= 4 is 27.7 Å². The van der Waals surface area contributed by atoms with Crippen LogP contribution in [0.4, 0.5) is 0 Å². The van der Waals surface area contributed by atoms with Crippen molar-refractivity contribution in [3.05, 3.63) is 173 Å². The second kappa shape index (κ2) is 18.7. The first-order chi connectivity index (χ1) is 28.1. The highest BCUT2D eigenvalue weighted by Crippen LogP contribution is 2.43. The highest BCUT2D eigenvalue weighted by Gasteiger charge is 2.38. The molecule has 0 aliphatic carbocycles. The van der Waals surface area contributed by atoms with Crippen LogP contribution >= 0.6 is 11.8 Å². The van der Waals surface area contributed by atoms with Crippen molar-refractivity contribution in [2.24, 2.45) is 13.0 Å². The van der Waals surface area contributed by atoms with Crippen LogP contribution in [-0.2, 0) is 50.9 Å². The molecule has 0 spiro atoms. The number of aliphatic hydroxyl groups is 1. The Labute approximate surface area is 344 Å². The second-order valence-electron chi connectivity index (χ2n) is 14.7. The molecule has 2 heterocycles. The first-order valence-electron chi connectivity index (χ1n) is 19.3. The molecule has 1 saturated heterocycles. The van der Waals surface area contributed by atoms with Crippen molar-refractivity contribution in [1.82, 2.24) is 19.6 Å². The van der Waals surface area contributed by atoms with E-state index in [0.717, 1.165) is 49.7 Å². The van der Waals surface area contributed by atoms with E-state index in [0.29, 0.717) is 5.75 Å². The monoisotopic (exact) mass is 816 g/mol. The predicted octanol–water partition coefficient (Wildman–Crippen LogP) is 7.68. The standard InChI is InChI=1S/C46H48N4O6S2/c1-31-12-22-40(23-13-31)58(53,54)49-41(27-33-8-5-4-6-9-33)44(52)48-28-35-10-7-11-39(26-35)36-18-20-38(21-19-36)45-55-42(30-57-46-47-24-25-50(46)3)32(2)43(56-45)37-16-14-34(29-51)15-17-37/h4-26,32,41-43,45,49,51H,27-30H2,1-3H3,(H,48,52)/t32-,41-,42+,43+,45+/m1/s1. The lowest BCUT2D eigenvalue weighted by Crippen LogP contribution is -2.47. The fourth-order valence-electron chi connectivity index (χ4n) is 6.97. The highest BCUT2D eigenvalue weighted by molar-refractivity contribution is 7.99. The minimum atomic E-state index is -3.96. The molecule has 1 amide bonds. The van der Waals surface area contributed by atoms with Gasteiger partial charge in [-0.3, -0.25) is 4.79 Å². The maximum absolute atomic E-state index is 13.7.